The molecule has 0 saturated heterocycles. The Morgan fingerprint density at radius 3 is 2.43 bits per heavy atom. The Labute approximate surface area is 127 Å². The number of rotatable bonds is 3. The Bertz CT molecular complexity index is 479. The van der Waals surface area contributed by atoms with Crippen LogP contribution in [0.3, 0.4) is 0 Å². The Balaban J connectivity index is 1.93. The minimum absolute atomic E-state index is 0.154. The predicted octanol–water partition coefficient (Wildman–Crippen LogP) is 3.12. The van der Waals surface area contributed by atoms with Crippen LogP contribution in [0.5, 0.6) is 0 Å². The summed E-state index contributed by atoms with van der Waals surface area (Å²) in [4.78, 5) is 16.3. The average Bonchev–Trinajstić information content (AvgIpc) is 2.81. The number of carbonyl (C=O) groups excluding carboxylic acids is 1. The lowest BCUT2D eigenvalue weighted by atomic mass is 9.82. The molecule has 2 rings (SSSR count). The molecule has 5 nitrogen and oxygen atoms in total. The Morgan fingerprint density at radius 2 is 1.90 bits per heavy atom. The highest BCUT2D eigenvalue weighted by atomic mass is 16.2. The van der Waals surface area contributed by atoms with Crippen molar-refractivity contribution >= 4 is 5.91 Å². The number of aromatic nitrogens is 3. The van der Waals surface area contributed by atoms with Crippen LogP contribution in [0.2, 0.25) is 0 Å². The molecule has 1 aliphatic rings. The summed E-state index contributed by atoms with van der Waals surface area (Å²) >= 11 is 0. The number of hydrogen-bond donors (Lipinski definition) is 1. The van der Waals surface area contributed by atoms with Gasteiger partial charge in [-0.2, -0.15) is 0 Å². The summed E-state index contributed by atoms with van der Waals surface area (Å²) < 4.78 is 1.73. The van der Waals surface area contributed by atoms with E-state index in [1.165, 1.54) is 38.5 Å². The maximum Gasteiger partial charge on any atom is 0.290 e. The first-order valence-electron chi connectivity index (χ1n) is 8.01. The van der Waals surface area contributed by atoms with E-state index in [1.54, 1.807) is 11.0 Å². The van der Waals surface area contributed by atoms with Gasteiger partial charge >= 0.3 is 0 Å². The van der Waals surface area contributed by atoms with E-state index < -0.39 is 0 Å². The van der Waals surface area contributed by atoms with Crippen molar-refractivity contribution < 1.29 is 4.79 Å². The van der Waals surface area contributed by atoms with Crippen molar-refractivity contribution in [1.82, 2.24) is 20.1 Å². The van der Waals surface area contributed by atoms with Crippen molar-refractivity contribution in [2.45, 2.75) is 71.8 Å². The number of carbonyl (C=O) groups is 1. The average molecular weight is 292 g/mol. The summed E-state index contributed by atoms with van der Waals surface area (Å²) in [5.41, 5.74) is 0.0670. The van der Waals surface area contributed by atoms with E-state index in [9.17, 15) is 4.79 Å². The molecular weight excluding hydrogens is 264 g/mol. The second-order valence-corrected chi connectivity index (χ2v) is 7.59. The first-order chi connectivity index (χ1) is 9.80. The highest BCUT2D eigenvalue weighted by molar-refractivity contribution is 5.90. The predicted molar refractivity (Wildman–Crippen MR) is 83.2 cm³/mol. The second-order valence-electron chi connectivity index (χ2n) is 7.59. The number of hydrogen-bond acceptors (Lipinski definition) is 3. The van der Waals surface area contributed by atoms with Gasteiger partial charge in [0.15, 0.2) is 0 Å². The van der Waals surface area contributed by atoms with Crippen LogP contribution < -0.4 is 5.32 Å². The smallest absolute Gasteiger partial charge is 0.290 e. The van der Waals surface area contributed by atoms with E-state index in [2.05, 4.69) is 22.3 Å². The topological polar surface area (TPSA) is 59.8 Å². The highest BCUT2D eigenvalue weighted by Gasteiger charge is 2.27. The van der Waals surface area contributed by atoms with Gasteiger partial charge in [-0.1, -0.05) is 32.6 Å². The molecule has 0 radical (unpaired) electrons. The molecule has 1 saturated carbocycles. The van der Waals surface area contributed by atoms with Gasteiger partial charge in [0, 0.05) is 6.54 Å². The van der Waals surface area contributed by atoms with Crippen LogP contribution in [-0.4, -0.2) is 27.2 Å². The summed E-state index contributed by atoms with van der Waals surface area (Å²) in [6, 6.07) is 0. The van der Waals surface area contributed by atoms with Crippen LogP contribution in [0.4, 0.5) is 0 Å². The molecular formula is C16H28N4O. The minimum atomic E-state index is -0.163. The van der Waals surface area contributed by atoms with Crippen molar-refractivity contribution in [2.75, 3.05) is 6.54 Å². The maximum atomic E-state index is 12.2. The third-order valence-electron chi connectivity index (χ3n) is 4.37. The van der Waals surface area contributed by atoms with Crippen LogP contribution in [0, 0.1) is 5.41 Å². The zero-order valence-electron chi connectivity index (χ0n) is 13.8. The molecule has 1 heterocycles. The van der Waals surface area contributed by atoms with Gasteiger partial charge in [0.05, 0.1) is 5.54 Å². The van der Waals surface area contributed by atoms with E-state index >= 15 is 0 Å². The number of nitrogens with one attached hydrogen (secondary N) is 1. The maximum absolute atomic E-state index is 12.2. The minimum Gasteiger partial charge on any atom is -0.349 e. The summed E-state index contributed by atoms with van der Waals surface area (Å²) in [5.74, 6) is 0.102. The van der Waals surface area contributed by atoms with Crippen LogP contribution in [0.1, 0.15) is 76.8 Å². The number of amides is 1. The van der Waals surface area contributed by atoms with E-state index in [0.29, 0.717) is 0 Å². The lowest BCUT2D eigenvalue weighted by Gasteiger charge is -2.28. The molecule has 118 valence electrons. The normalized spacial score (nSPS) is 19.0. The molecule has 1 aromatic rings. The van der Waals surface area contributed by atoms with Crippen LogP contribution >= 0.6 is 0 Å². The number of nitrogens with zero attached hydrogens (tertiary/aromatic N) is 3. The fourth-order valence-electron chi connectivity index (χ4n) is 2.82. The standard InChI is InChI=1S/C16H28N4O/c1-15(2,3)20-12-18-13(19-20)14(21)17-11-16(4)9-7-5-6-8-10-16/h12H,5-11H2,1-4H3,(H,17,21). The van der Waals surface area contributed by atoms with Gasteiger partial charge in [-0.05, 0) is 39.0 Å². The molecule has 21 heavy (non-hydrogen) atoms. The van der Waals surface area contributed by atoms with Gasteiger partial charge in [-0.15, -0.1) is 5.10 Å². The van der Waals surface area contributed by atoms with E-state index in [1.807, 2.05) is 20.8 Å². The largest absolute Gasteiger partial charge is 0.349 e. The van der Waals surface area contributed by atoms with Crippen LogP contribution in [0.25, 0.3) is 0 Å². The molecule has 1 amide bonds. The van der Waals surface area contributed by atoms with E-state index in [4.69, 9.17) is 0 Å². The van der Waals surface area contributed by atoms with Crippen LogP contribution in [0.15, 0.2) is 6.33 Å². The quantitative estimate of drug-likeness (QED) is 0.871. The molecule has 1 fully saturated rings. The van der Waals surface area contributed by atoms with E-state index in [0.717, 1.165) is 6.54 Å². The fourth-order valence-corrected chi connectivity index (χ4v) is 2.82. The van der Waals surface area contributed by atoms with Crippen molar-refractivity contribution in [3.63, 3.8) is 0 Å². The van der Waals surface area contributed by atoms with Crippen molar-refractivity contribution in [3.8, 4) is 0 Å². The molecule has 0 aromatic carbocycles. The molecule has 1 aliphatic carbocycles. The molecule has 0 unspecified atom stereocenters. The Kier molecular flexibility index (Phi) is 4.69. The van der Waals surface area contributed by atoms with Gasteiger partial charge in [0.25, 0.3) is 5.91 Å². The third-order valence-corrected chi connectivity index (χ3v) is 4.37. The van der Waals surface area contributed by atoms with Crippen LogP contribution in [-0.2, 0) is 5.54 Å². The SMILES string of the molecule is CC1(CNC(=O)c2ncn(C(C)(C)C)n2)CCCCCC1. The van der Waals surface area contributed by atoms with E-state index in [-0.39, 0.29) is 22.7 Å². The summed E-state index contributed by atoms with van der Waals surface area (Å²) in [7, 11) is 0. The lowest BCUT2D eigenvalue weighted by Crippen LogP contribution is -2.36. The lowest BCUT2D eigenvalue weighted by molar-refractivity contribution is 0.0917. The summed E-state index contributed by atoms with van der Waals surface area (Å²) in [6.07, 6.45) is 9.19. The molecule has 0 aliphatic heterocycles. The molecule has 1 aromatic heterocycles. The van der Waals surface area contributed by atoms with Crippen molar-refractivity contribution in [2.24, 2.45) is 5.41 Å². The van der Waals surface area contributed by atoms with Gasteiger partial charge in [0.2, 0.25) is 5.82 Å². The molecule has 5 heteroatoms. The fraction of sp³-hybridized carbons (Fsp3) is 0.812. The Morgan fingerprint density at radius 1 is 1.29 bits per heavy atom. The molecule has 0 bridgehead atoms. The zero-order chi connectivity index (χ0) is 15.5. The summed E-state index contributed by atoms with van der Waals surface area (Å²) in [5, 5.41) is 7.30. The highest BCUT2D eigenvalue weighted by Crippen LogP contribution is 2.33. The van der Waals surface area contributed by atoms with Crippen molar-refractivity contribution in [3.05, 3.63) is 12.2 Å². The monoisotopic (exact) mass is 292 g/mol. The van der Waals surface area contributed by atoms with Gasteiger partial charge < -0.3 is 5.32 Å². The Hall–Kier alpha value is -1.39. The van der Waals surface area contributed by atoms with Gasteiger partial charge in [0.1, 0.15) is 6.33 Å². The first kappa shape index (κ1) is 16.0. The van der Waals surface area contributed by atoms with Gasteiger partial charge in [-0.25, -0.2) is 9.67 Å². The first-order valence-corrected chi connectivity index (χ1v) is 8.01. The molecule has 0 atom stereocenters. The van der Waals surface area contributed by atoms with Gasteiger partial charge in [-0.3, -0.25) is 4.79 Å². The summed E-state index contributed by atoms with van der Waals surface area (Å²) in [6.45, 7) is 9.11. The second kappa shape index (κ2) is 6.16. The third kappa shape index (κ3) is 4.29. The molecule has 0 spiro atoms. The van der Waals surface area contributed by atoms with Crippen molar-refractivity contribution in [1.29, 1.82) is 0 Å². The zero-order valence-corrected chi connectivity index (χ0v) is 13.8. The molecule has 1 N–H and O–H groups in total.